The van der Waals surface area contributed by atoms with Crippen LogP contribution in [0.2, 0.25) is 0 Å². The van der Waals surface area contributed by atoms with Gasteiger partial charge in [-0.1, -0.05) is 30.0 Å². The van der Waals surface area contributed by atoms with Crippen LogP contribution in [-0.2, 0) is 4.79 Å². The SMILES string of the molecule is Cc1nc(SCC(=O)Nc2ccc(C(=O)O)cc2)n(-c2ccccc2)c1C. The van der Waals surface area contributed by atoms with E-state index in [0.29, 0.717) is 5.69 Å². The summed E-state index contributed by atoms with van der Waals surface area (Å²) in [6, 6.07) is 16.0. The van der Waals surface area contributed by atoms with Crippen LogP contribution in [0.25, 0.3) is 5.69 Å². The third-order valence-electron chi connectivity index (χ3n) is 4.08. The lowest BCUT2D eigenvalue weighted by Crippen LogP contribution is -2.14. The maximum atomic E-state index is 12.3. The molecule has 0 saturated carbocycles. The summed E-state index contributed by atoms with van der Waals surface area (Å²) >= 11 is 1.36. The summed E-state index contributed by atoms with van der Waals surface area (Å²) in [4.78, 5) is 27.7. The molecule has 0 saturated heterocycles. The standard InChI is InChI=1S/C20H19N3O3S/c1-13-14(2)23(17-6-4-3-5-7-17)20(21-13)27-12-18(24)22-16-10-8-15(9-11-16)19(25)26/h3-11H,12H2,1-2H3,(H,22,24)(H,25,26). The fourth-order valence-electron chi connectivity index (χ4n) is 2.58. The van der Waals surface area contributed by atoms with E-state index in [9.17, 15) is 9.59 Å². The summed E-state index contributed by atoms with van der Waals surface area (Å²) in [5.74, 6) is -0.980. The second kappa shape index (κ2) is 8.09. The third kappa shape index (κ3) is 4.38. The van der Waals surface area contributed by atoms with Gasteiger partial charge in [-0.3, -0.25) is 9.36 Å². The first kappa shape index (κ1) is 18.7. The zero-order valence-corrected chi connectivity index (χ0v) is 15.8. The van der Waals surface area contributed by atoms with Crippen molar-refractivity contribution in [3.8, 4) is 5.69 Å². The van der Waals surface area contributed by atoms with E-state index in [1.165, 1.54) is 23.9 Å². The van der Waals surface area contributed by atoms with Crippen molar-refractivity contribution in [2.75, 3.05) is 11.1 Å². The predicted molar refractivity (Wildman–Crippen MR) is 106 cm³/mol. The van der Waals surface area contributed by atoms with Gasteiger partial charge in [0.05, 0.1) is 17.0 Å². The van der Waals surface area contributed by atoms with Crippen LogP contribution in [-0.4, -0.2) is 32.3 Å². The number of aryl methyl sites for hydroxylation is 1. The molecule has 138 valence electrons. The number of carboxylic acids is 1. The van der Waals surface area contributed by atoms with E-state index in [-0.39, 0.29) is 17.2 Å². The van der Waals surface area contributed by atoms with Crippen LogP contribution in [0, 0.1) is 13.8 Å². The second-order valence-electron chi connectivity index (χ2n) is 5.96. The molecule has 1 aromatic heterocycles. The molecule has 0 aliphatic carbocycles. The molecule has 6 nitrogen and oxygen atoms in total. The first-order valence-electron chi connectivity index (χ1n) is 8.33. The Morgan fingerprint density at radius 2 is 1.74 bits per heavy atom. The highest BCUT2D eigenvalue weighted by molar-refractivity contribution is 7.99. The van der Waals surface area contributed by atoms with Crippen LogP contribution in [0.5, 0.6) is 0 Å². The number of hydrogen-bond acceptors (Lipinski definition) is 4. The van der Waals surface area contributed by atoms with E-state index in [1.54, 1.807) is 12.1 Å². The number of carboxylic acid groups (broad SMARTS) is 1. The van der Waals surface area contributed by atoms with Crippen molar-refractivity contribution < 1.29 is 14.7 Å². The van der Waals surface area contributed by atoms with Gasteiger partial charge in [0.1, 0.15) is 0 Å². The Kier molecular flexibility index (Phi) is 5.61. The van der Waals surface area contributed by atoms with Crippen LogP contribution >= 0.6 is 11.8 Å². The molecule has 0 bridgehead atoms. The van der Waals surface area contributed by atoms with Crippen LogP contribution in [0.1, 0.15) is 21.7 Å². The maximum absolute atomic E-state index is 12.3. The van der Waals surface area contributed by atoms with E-state index in [4.69, 9.17) is 5.11 Å². The van der Waals surface area contributed by atoms with Gasteiger partial charge in [0.2, 0.25) is 5.91 Å². The van der Waals surface area contributed by atoms with E-state index in [0.717, 1.165) is 22.2 Å². The number of aromatic carboxylic acids is 1. The lowest BCUT2D eigenvalue weighted by molar-refractivity contribution is -0.113. The molecule has 27 heavy (non-hydrogen) atoms. The van der Waals surface area contributed by atoms with Crippen LogP contribution in [0.4, 0.5) is 5.69 Å². The summed E-state index contributed by atoms with van der Waals surface area (Å²) in [6.07, 6.45) is 0. The Morgan fingerprint density at radius 1 is 1.07 bits per heavy atom. The van der Waals surface area contributed by atoms with Gasteiger partial charge in [-0.25, -0.2) is 9.78 Å². The van der Waals surface area contributed by atoms with Gasteiger partial charge in [0.25, 0.3) is 0 Å². The minimum absolute atomic E-state index is 0.179. The highest BCUT2D eigenvalue weighted by Gasteiger charge is 2.15. The highest BCUT2D eigenvalue weighted by Crippen LogP contribution is 2.25. The number of rotatable bonds is 6. The molecule has 0 unspecified atom stereocenters. The largest absolute Gasteiger partial charge is 0.478 e. The monoisotopic (exact) mass is 381 g/mol. The molecule has 0 aliphatic rings. The third-order valence-corrected chi connectivity index (χ3v) is 5.01. The van der Waals surface area contributed by atoms with Crippen molar-refractivity contribution in [2.24, 2.45) is 0 Å². The van der Waals surface area contributed by atoms with Crippen molar-refractivity contribution in [3.05, 3.63) is 71.5 Å². The summed E-state index contributed by atoms with van der Waals surface area (Å²) in [6.45, 7) is 3.95. The van der Waals surface area contributed by atoms with Crippen molar-refractivity contribution in [2.45, 2.75) is 19.0 Å². The van der Waals surface area contributed by atoms with Gasteiger partial charge in [0.15, 0.2) is 5.16 Å². The molecule has 3 aromatic rings. The van der Waals surface area contributed by atoms with E-state index < -0.39 is 5.97 Å². The number of thioether (sulfide) groups is 1. The Morgan fingerprint density at radius 3 is 2.37 bits per heavy atom. The number of carbonyl (C=O) groups excluding carboxylic acids is 1. The zero-order chi connectivity index (χ0) is 19.4. The average Bonchev–Trinajstić information content (AvgIpc) is 2.95. The minimum Gasteiger partial charge on any atom is -0.478 e. The van der Waals surface area contributed by atoms with Crippen molar-refractivity contribution in [1.29, 1.82) is 0 Å². The van der Waals surface area contributed by atoms with E-state index in [2.05, 4.69) is 10.3 Å². The van der Waals surface area contributed by atoms with E-state index >= 15 is 0 Å². The predicted octanol–water partition coefficient (Wildman–Crippen LogP) is 3.92. The molecular weight excluding hydrogens is 362 g/mol. The number of imidazole rings is 1. The molecule has 0 fully saturated rings. The molecule has 0 atom stereocenters. The minimum atomic E-state index is -0.998. The molecule has 0 aliphatic heterocycles. The summed E-state index contributed by atoms with van der Waals surface area (Å²) in [5, 5.41) is 12.4. The molecule has 1 heterocycles. The number of anilines is 1. The number of nitrogens with one attached hydrogen (secondary N) is 1. The molecule has 0 radical (unpaired) electrons. The lowest BCUT2D eigenvalue weighted by Gasteiger charge is -2.10. The van der Waals surface area contributed by atoms with Gasteiger partial charge in [0, 0.05) is 17.1 Å². The van der Waals surface area contributed by atoms with Crippen molar-refractivity contribution >= 4 is 29.3 Å². The van der Waals surface area contributed by atoms with Gasteiger partial charge in [-0.2, -0.15) is 0 Å². The van der Waals surface area contributed by atoms with Gasteiger partial charge < -0.3 is 10.4 Å². The lowest BCUT2D eigenvalue weighted by atomic mass is 10.2. The smallest absolute Gasteiger partial charge is 0.335 e. The normalized spacial score (nSPS) is 10.6. The molecule has 2 aromatic carbocycles. The van der Waals surface area contributed by atoms with Gasteiger partial charge in [-0.05, 0) is 50.2 Å². The number of carbonyl (C=O) groups is 2. The Labute approximate surface area is 161 Å². The fourth-order valence-corrected chi connectivity index (χ4v) is 3.49. The zero-order valence-electron chi connectivity index (χ0n) is 15.0. The Balaban J connectivity index is 1.69. The molecule has 7 heteroatoms. The first-order chi connectivity index (χ1) is 13.0. The summed E-state index contributed by atoms with van der Waals surface area (Å²) < 4.78 is 2.04. The molecule has 1 amide bonds. The first-order valence-corrected chi connectivity index (χ1v) is 9.31. The van der Waals surface area contributed by atoms with E-state index in [1.807, 2.05) is 48.7 Å². The number of para-hydroxylation sites is 1. The molecular formula is C20H19N3O3S. The summed E-state index contributed by atoms with van der Waals surface area (Å²) in [7, 11) is 0. The highest BCUT2D eigenvalue weighted by atomic mass is 32.2. The van der Waals surface area contributed by atoms with Crippen LogP contribution in [0.3, 0.4) is 0 Å². The Hall–Kier alpha value is -3.06. The summed E-state index contributed by atoms with van der Waals surface area (Å²) in [5.41, 5.74) is 3.70. The number of benzene rings is 2. The number of hydrogen-bond donors (Lipinski definition) is 2. The average molecular weight is 381 g/mol. The quantitative estimate of drug-likeness (QED) is 0.632. The fraction of sp³-hybridized carbons (Fsp3) is 0.150. The van der Waals surface area contributed by atoms with Crippen LogP contribution < -0.4 is 5.32 Å². The maximum Gasteiger partial charge on any atom is 0.335 e. The number of nitrogens with zero attached hydrogens (tertiary/aromatic N) is 2. The van der Waals surface area contributed by atoms with Gasteiger partial charge >= 0.3 is 5.97 Å². The number of amides is 1. The molecule has 0 spiro atoms. The molecule has 2 N–H and O–H groups in total. The molecule has 3 rings (SSSR count). The van der Waals surface area contributed by atoms with Gasteiger partial charge in [-0.15, -0.1) is 0 Å². The Bertz CT molecular complexity index is 966. The second-order valence-corrected chi connectivity index (χ2v) is 6.90. The van der Waals surface area contributed by atoms with Crippen LogP contribution in [0.15, 0.2) is 59.8 Å². The number of aromatic nitrogens is 2. The van der Waals surface area contributed by atoms with Crippen molar-refractivity contribution in [3.63, 3.8) is 0 Å². The topological polar surface area (TPSA) is 84.2 Å². The van der Waals surface area contributed by atoms with Crippen molar-refractivity contribution in [1.82, 2.24) is 9.55 Å².